The molecule has 0 saturated heterocycles. The molecule has 0 bridgehead atoms. The Morgan fingerprint density at radius 1 is 1.15 bits per heavy atom. The third-order valence-electron chi connectivity index (χ3n) is 7.07. The molecule has 40 heavy (non-hydrogen) atoms. The molecule has 3 aromatic rings. The first-order valence-corrected chi connectivity index (χ1v) is 13.0. The second-order valence-corrected chi connectivity index (χ2v) is 9.97. The first-order valence-electron chi connectivity index (χ1n) is 13.0. The zero-order chi connectivity index (χ0) is 28.3. The first kappa shape index (κ1) is 27.2. The highest BCUT2D eigenvalue weighted by molar-refractivity contribution is 6.08. The Morgan fingerprint density at radius 3 is 2.58 bits per heavy atom. The molecule has 5 N–H and O–H groups in total. The summed E-state index contributed by atoms with van der Waals surface area (Å²) < 4.78 is 32.5. The maximum absolute atomic E-state index is 13.3. The van der Waals surface area contributed by atoms with Crippen LogP contribution < -0.4 is 21.1 Å². The molecule has 1 saturated carbocycles. The van der Waals surface area contributed by atoms with E-state index in [0.717, 1.165) is 27.9 Å². The number of halogens is 2. The molecule has 0 spiro atoms. The van der Waals surface area contributed by atoms with Gasteiger partial charge in [0.05, 0.1) is 0 Å². The highest BCUT2D eigenvalue weighted by Gasteiger charge is 2.50. The fraction of sp³-hybridized carbons (Fsp3) is 0.310. The van der Waals surface area contributed by atoms with Gasteiger partial charge in [-0.15, -0.1) is 0 Å². The molecule has 1 aliphatic carbocycles. The molecular weight excluding hydrogens is 516 g/mol. The molecule has 1 fully saturated rings. The van der Waals surface area contributed by atoms with Crippen molar-refractivity contribution < 1.29 is 18.3 Å². The summed E-state index contributed by atoms with van der Waals surface area (Å²) in [6.07, 6.45) is 1.85. The van der Waals surface area contributed by atoms with Gasteiger partial charge in [0.2, 0.25) is 17.7 Å². The van der Waals surface area contributed by atoms with Crippen molar-refractivity contribution in [3.05, 3.63) is 71.4 Å². The van der Waals surface area contributed by atoms with Crippen LogP contribution in [-0.2, 0) is 17.9 Å². The van der Waals surface area contributed by atoms with E-state index in [2.05, 4.69) is 15.6 Å². The van der Waals surface area contributed by atoms with E-state index in [4.69, 9.17) is 20.9 Å². The number of anilines is 2. The number of likely N-dealkylation sites (N-methyl/N-ethyl adjacent to an activating group) is 1. The van der Waals surface area contributed by atoms with Crippen LogP contribution in [0, 0.1) is 11.3 Å². The van der Waals surface area contributed by atoms with E-state index in [1.54, 1.807) is 11.0 Å². The number of allylic oxidation sites excluding steroid dienone is 1. The zero-order valence-electron chi connectivity index (χ0n) is 22.1. The molecule has 0 atom stereocenters. The number of nitrogens with one attached hydrogen (secondary N) is 3. The van der Waals surface area contributed by atoms with Crippen LogP contribution in [0.3, 0.4) is 0 Å². The van der Waals surface area contributed by atoms with Crippen molar-refractivity contribution in [2.24, 2.45) is 11.7 Å². The number of carbonyl (C=O) groups is 1. The van der Waals surface area contributed by atoms with Gasteiger partial charge in [-0.2, -0.15) is 4.98 Å². The van der Waals surface area contributed by atoms with Crippen LogP contribution in [0.1, 0.15) is 29.5 Å². The van der Waals surface area contributed by atoms with Gasteiger partial charge in [-0.05, 0) is 41.9 Å². The number of carbonyl (C=O) groups excluding carboxylic acids is 1. The quantitative estimate of drug-likeness (QED) is 0.220. The lowest BCUT2D eigenvalue weighted by Crippen LogP contribution is -2.45. The second-order valence-electron chi connectivity index (χ2n) is 9.97. The number of hydrogen-bond donors (Lipinski definition) is 4. The minimum Gasteiger partial charge on any atom is -0.476 e. The Kier molecular flexibility index (Phi) is 7.74. The van der Waals surface area contributed by atoms with E-state index < -0.39 is 11.8 Å². The third-order valence-corrected chi connectivity index (χ3v) is 7.07. The van der Waals surface area contributed by atoms with E-state index in [0.29, 0.717) is 49.3 Å². The number of ether oxygens (including phenoxy) is 1. The van der Waals surface area contributed by atoms with Gasteiger partial charge in [-0.25, -0.2) is 13.8 Å². The van der Waals surface area contributed by atoms with Gasteiger partial charge >= 0.3 is 0 Å². The standard InChI is InChI=1S/C29H31F2N7O2/c1-34-8-9-40-26-11-25(35-24-6-4-18(5-7-24)23(14-32)15-33)36-27(37-26)19-2-3-20-16-38(17-21(20)10-19)28(39)22-12-29(30,31)13-22/h2-7,10-11,14-15,22,32,34H,8-9,12-13,16-17,33H2,1H3,(H,35,36,37)/b23-15+,32-14?. The Bertz CT molecular complexity index is 1430. The van der Waals surface area contributed by atoms with Gasteiger partial charge in [0.15, 0.2) is 5.82 Å². The van der Waals surface area contributed by atoms with Crippen molar-refractivity contribution in [2.45, 2.75) is 31.9 Å². The molecule has 1 amide bonds. The van der Waals surface area contributed by atoms with Gasteiger partial charge in [0.25, 0.3) is 0 Å². The fourth-order valence-electron chi connectivity index (χ4n) is 4.85. The maximum atomic E-state index is 13.3. The van der Waals surface area contributed by atoms with E-state index in [1.165, 1.54) is 12.4 Å². The van der Waals surface area contributed by atoms with Gasteiger partial charge in [0, 0.05) is 73.7 Å². The minimum atomic E-state index is -2.73. The van der Waals surface area contributed by atoms with Crippen molar-refractivity contribution in [2.75, 3.05) is 25.5 Å². The Hall–Kier alpha value is -4.38. The topological polar surface area (TPSA) is 129 Å². The predicted molar refractivity (Wildman–Crippen MR) is 149 cm³/mol. The Balaban J connectivity index is 1.37. The highest BCUT2D eigenvalue weighted by Crippen LogP contribution is 2.44. The average molecular weight is 548 g/mol. The van der Waals surface area contributed by atoms with Crippen LogP contribution in [0.4, 0.5) is 20.3 Å². The molecule has 208 valence electrons. The van der Waals surface area contributed by atoms with Gasteiger partial charge in [-0.3, -0.25) is 4.79 Å². The lowest BCUT2D eigenvalue weighted by atomic mass is 9.80. The molecule has 2 aromatic carbocycles. The van der Waals surface area contributed by atoms with Crippen LogP contribution in [0.2, 0.25) is 0 Å². The number of nitrogens with two attached hydrogens (primary N) is 1. The predicted octanol–water partition coefficient (Wildman–Crippen LogP) is 4.32. The smallest absolute Gasteiger partial charge is 0.249 e. The van der Waals surface area contributed by atoms with Crippen LogP contribution in [0.5, 0.6) is 5.88 Å². The molecule has 2 heterocycles. The molecule has 0 radical (unpaired) electrons. The van der Waals surface area contributed by atoms with Gasteiger partial charge in [0.1, 0.15) is 12.4 Å². The van der Waals surface area contributed by atoms with Gasteiger partial charge in [-0.1, -0.05) is 24.3 Å². The largest absolute Gasteiger partial charge is 0.476 e. The fourth-order valence-corrected chi connectivity index (χ4v) is 4.85. The second kappa shape index (κ2) is 11.4. The number of aromatic nitrogens is 2. The number of nitrogens with zero attached hydrogens (tertiary/aromatic N) is 3. The number of rotatable bonds is 10. The van der Waals surface area contributed by atoms with Crippen LogP contribution in [0.25, 0.3) is 17.0 Å². The zero-order valence-corrected chi connectivity index (χ0v) is 22.1. The van der Waals surface area contributed by atoms with Crippen LogP contribution in [-0.4, -0.2) is 53.1 Å². The number of hydrogen-bond acceptors (Lipinski definition) is 8. The van der Waals surface area contributed by atoms with Crippen LogP contribution in [0.15, 0.2) is 54.7 Å². The minimum absolute atomic E-state index is 0.216. The number of benzene rings is 2. The molecular formula is C29H31F2N7O2. The molecule has 5 rings (SSSR count). The molecule has 2 aliphatic rings. The summed E-state index contributed by atoms with van der Waals surface area (Å²) in [6.45, 7) is 1.84. The SMILES string of the molecule is CNCCOc1cc(Nc2ccc(/C(C=N)=C/N)cc2)nc(-c2ccc3c(c2)CN(C(=O)C2CC(F)(F)C2)C3)n1. The van der Waals surface area contributed by atoms with Crippen molar-refractivity contribution in [3.63, 3.8) is 0 Å². The monoisotopic (exact) mass is 547 g/mol. The van der Waals surface area contributed by atoms with Crippen molar-refractivity contribution >= 4 is 29.2 Å². The summed E-state index contributed by atoms with van der Waals surface area (Å²) in [7, 11) is 1.84. The van der Waals surface area contributed by atoms with Gasteiger partial charge < -0.3 is 31.4 Å². The van der Waals surface area contributed by atoms with E-state index in [1.807, 2.05) is 49.5 Å². The third kappa shape index (κ3) is 5.94. The van der Waals surface area contributed by atoms with Crippen molar-refractivity contribution in [1.82, 2.24) is 20.2 Å². The molecule has 1 aliphatic heterocycles. The number of fused-ring (bicyclic) bond motifs is 1. The lowest BCUT2D eigenvalue weighted by molar-refractivity contribution is -0.160. The summed E-state index contributed by atoms with van der Waals surface area (Å²) >= 11 is 0. The Labute approximate surface area is 231 Å². The number of amides is 1. The number of alkyl halides is 2. The molecule has 0 unspecified atom stereocenters. The summed E-state index contributed by atoms with van der Waals surface area (Å²) in [5.74, 6) is -2.17. The van der Waals surface area contributed by atoms with Crippen molar-refractivity contribution in [1.29, 1.82) is 5.41 Å². The summed E-state index contributed by atoms with van der Waals surface area (Å²) in [4.78, 5) is 23.7. The average Bonchev–Trinajstić information content (AvgIpc) is 3.36. The normalized spacial score (nSPS) is 16.3. The molecule has 1 aromatic heterocycles. The summed E-state index contributed by atoms with van der Waals surface area (Å²) in [6, 6.07) is 14.9. The first-order chi connectivity index (χ1) is 19.3. The summed E-state index contributed by atoms with van der Waals surface area (Å²) in [5, 5.41) is 13.8. The van der Waals surface area contributed by atoms with E-state index in [9.17, 15) is 13.6 Å². The summed E-state index contributed by atoms with van der Waals surface area (Å²) in [5.41, 5.74) is 10.5. The van der Waals surface area contributed by atoms with E-state index in [-0.39, 0.29) is 18.7 Å². The molecule has 9 nitrogen and oxygen atoms in total. The lowest BCUT2D eigenvalue weighted by Gasteiger charge is -2.36. The maximum Gasteiger partial charge on any atom is 0.249 e. The Morgan fingerprint density at radius 2 is 1.90 bits per heavy atom. The van der Waals surface area contributed by atoms with Crippen molar-refractivity contribution in [3.8, 4) is 17.3 Å². The highest BCUT2D eigenvalue weighted by atomic mass is 19.3. The van der Waals surface area contributed by atoms with Crippen LogP contribution >= 0.6 is 0 Å². The molecule has 11 heteroatoms. The van der Waals surface area contributed by atoms with E-state index >= 15 is 0 Å².